The van der Waals surface area contributed by atoms with Crippen LogP contribution in [0.3, 0.4) is 0 Å². The fourth-order valence-corrected chi connectivity index (χ4v) is 1.64. The van der Waals surface area contributed by atoms with Gasteiger partial charge in [-0.25, -0.2) is 0 Å². The van der Waals surface area contributed by atoms with E-state index in [0.29, 0.717) is 0 Å². The summed E-state index contributed by atoms with van der Waals surface area (Å²) in [5.41, 5.74) is 2.55. The third-order valence-electron chi connectivity index (χ3n) is 2.33. The number of aryl methyl sites for hydroxylation is 1. The van der Waals surface area contributed by atoms with Crippen LogP contribution in [-0.2, 0) is 11.2 Å². The van der Waals surface area contributed by atoms with Gasteiger partial charge in [0.2, 0.25) is 0 Å². The molecule has 0 atom stereocenters. The normalized spacial score (nSPS) is 11.5. The maximum absolute atomic E-state index is 10.8. The smallest absolute Gasteiger partial charge is 0.152 e. The highest BCUT2D eigenvalue weighted by molar-refractivity contribution is 5.87. The number of carbonyl (C=O) groups excluding carboxylic acids is 1. The predicted molar refractivity (Wildman–Crippen MR) is 63.8 cm³/mol. The van der Waals surface area contributed by atoms with Crippen molar-refractivity contribution in [2.75, 3.05) is 0 Å². The van der Waals surface area contributed by atoms with Crippen LogP contribution in [0.5, 0.6) is 0 Å². The Morgan fingerprint density at radius 2 is 1.87 bits per heavy atom. The van der Waals surface area contributed by atoms with Crippen LogP contribution in [0.25, 0.3) is 0 Å². The molecule has 0 saturated heterocycles. The summed E-state index contributed by atoms with van der Waals surface area (Å²) in [6.07, 6.45) is 4.93. The van der Waals surface area contributed by atoms with Crippen LogP contribution in [-0.4, -0.2) is 5.78 Å². The van der Waals surface area contributed by atoms with Crippen LogP contribution in [0, 0.1) is 0 Å². The van der Waals surface area contributed by atoms with Gasteiger partial charge in [-0.3, -0.25) is 4.79 Å². The first-order chi connectivity index (χ1) is 7.18. The average molecular weight is 202 g/mol. The first-order valence-corrected chi connectivity index (χ1v) is 5.40. The van der Waals surface area contributed by atoms with Gasteiger partial charge in [-0.15, -0.1) is 0 Å². The Morgan fingerprint density at radius 1 is 1.20 bits per heavy atom. The van der Waals surface area contributed by atoms with Gasteiger partial charge in [-0.05, 0) is 44.7 Å². The van der Waals surface area contributed by atoms with Crippen LogP contribution >= 0.6 is 0 Å². The summed E-state index contributed by atoms with van der Waals surface area (Å²) in [5.74, 6) is 0.146. The van der Waals surface area contributed by atoms with E-state index in [0.717, 1.165) is 19.3 Å². The lowest BCUT2D eigenvalue weighted by Gasteiger charge is -2.01. The fraction of sp³-hybridized carbons (Fsp3) is 0.357. The standard InChI is InChI=1S/C14H18O/c1-12(11-13(2)15)7-6-10-14-8-4-3-5-9-14/h3-5,8-9,11H,6-7,10H2,1-2H3/b12-11+. The average Bonchev–Trinajstić information content (AvgIpc) is 2.18. The molecule has 1 aromatic rings. The molecular weight excluding hydrogens is 184 g/mol. The van der Waals surface area contributed by atoms with Crippen molar-refractivity contribution in [2.24, 2.45) is 0 Å². The summed E-state index contributed by atoms with van der Waals surface area (Å²) < 4.78 is 0. The molecule has 0 saturated carbocycles. The molecule has 1 nitrogen and oxygen atoms in total. The van der Waals surface area contributed by atoms with Gasteiger partial charge in [0.05, 0.1) is 0 Å². The summed E-state index contributed by atoms with van der Waals surface area (Å²) in [6, 6.07) is 10.4. The van der Waals surface area contributed by atoms with Crippen molar-refractivity contribution in [2.45, 2.75) is 33.1 Å². The molecule has 1 aromatic carbocycles. The zero-order valence-electron chi connectivity index (χ0n) is 9.49. The van der Waals surface area contributed by atoms with Crippen molar-refractivity contribution < 1.29 is 4.79 Å². The van der Waals surface area contributed by atoms with Crippen LogP contribution < -0.4 is 0 Å². The van der Waals surface area contributed by atoms with E-state index in [4.69, 9.17) is 0 Å². The Bertz CT molecular complexity index is 336. The lowest BCUT2D eigenvalue weighted by Crippen LogP contribution is -1.89. The first kappa shape index (κ1) is 11.7. The Labute approximate surface area is 91.8 Å². The number of carbonyl (C=O) groups is 1. The highest BCUT2D eigenvalue weighted by Gasteiger charge is 1.95. The molecule has 0 aliphatic rings. The molecule has 1 rings (SSSR count). The molecule has 1 heteroatoms. The molecule has 0 fully saturated rings. The third-order valence-corrected chi connectivity index (χ3v) is 2.33. The van der Waals surface area contributed by atoms with E-state index in [1.54, 1.807) is 13.0 Å². The molecule has 0 N–H and O–H groups in total. The second-order valence-electron chi connectivity index (χ2n) is 3.94. The lowest BCUT2D eigenvalue weighted by atomic mass is 10.0. The zero-order valence-corrected chi connectivity index (χ0v) is 9.49. The minimum absolute atomic E-state index is 0.146. The van der Waals surface area contributed by atoms with Gasteiger partial charge in [0.15, 0.2) is 5.78 Å². The highest BCUT2D eigenvalue weighted by Crippen LogP contribution is 2.09. The summed E-state index contributed by atoms with van der Waals surface area (Å²) in [7, 11) is 0. The number of allylic oxidation sites excluding steroid dienone is 2. The molecule has 0 aliphatic heterocycles. The monoisotopic (exact) mass is 202 g/mol. The molecule has 0 aromatic heterocycles. The molecule has 80 valence electrons. The first-order valence-electron chi connectivity index (χ1n) is 5.40. The van der Waals surface area contributed by atoms with Crippen LogP contribution in [0.15, 0.2) is 42.0 Å². The predicted octanol–water partition coefficient (Wildman–Crippen LogP) is 3.54. The summed E-state index contributed by atoms with van der Waals surface area (Å²) >= 11 is 0. The molecule has 15 heavy (non-hydrogen) atoms. The quantitative estimate of drug-likeness (QED) is 0.667. The number of benzene rings is 1. The summed E-state index contributed by atoms with van der Waals surface area (Å²) in [5, 5.41) is 0. The Hall–Kier alpha value is -1.37. The van der Waals surface area contributed by atoms with Crippen molar-refractivity contribution in [1.82, 2.24) is 0 Å². The van der Waals surface area contributed by atoms with E-state index >= 15 is 0 Å². The van der Waals surface area contributed by atoms with Gasteiger partial charge in [0.1, 0.15) is 0 Å². The molecule has 0 unspecified atom stereocenters. The van der Waals surface area contributed by atoms with E-state index in [2.05, 4.69) is 24.3 Å². The van der Waals surface area contributed by atoms with Crippen LogP contribution in [0.2, 0.25) is 0 Å². The zero-order chi connectivity index (χ0) is 11.1. The van der Waals surface area contributed by atoms with Crippen molar-refractivity contribution in [1.29, 1.82) is 0 Å². The molecule has 0 spiro atoms. The maximum Gasteiger partial charge on any atom is 0.152 e. The van der Waals surface area contributed by atoms with E-state index in [-0.39, 0.29) is 5.78 Å². The second-order valence-corrected chi connectivity index (χ2v) is 3.94. The molecule has 0 amide bonds. The van der Waals surface area contributed by atoms with Gasteiger partial charge in [0, 0.05) is 0 Å². The van der Waals surface area contributed by atoms with E-state index in [1.165, 1.54) is 11.1 Å². The second kappa shape index (κ2) is 6.18. The number of hydrogen-bond donors (Lipinski definition) is 0. The summed E-state index contributed by atoms with van der Waals surface area (Å²) in [4.78, 5) is 10.8. The minimum atomic E-state index is 0.146. The van der Waals surface area contributed by atoms with E-state index in [9.17, 15) is 4.79 Å². The van der Waals surface area contributed by atoms with E-state index in [1.807, 2.05) is 13.0 Å². The van der Waals surface area contributed by atoms with Crippen molar-refractivity contribution in [3.05, 3.63) is 47.5 Å². The number of hydrogen-bond acceptors (Lipinski definition) is 1. The van der Waals surface area contributed by atoms with Crippen LogP contribution in [0.1, 0.15) is 32.3 Å². The highest BCUT2D eigenvalue weighted by atomic mass is 16.1. The molecule has 0 heterocycles. The Balaban J connectivity index is 2.31. The lowest BCUT2D eigenvalue weighted by molar-refractivity contribution is -0.112. The number of ketones is 1. The van der Waals surface area contributed by atoms with Crippen molar-refractivity contribution in [3.63, 3.8) is 0 Å². The van der Waals surface area contributed by atoms with Crippen molar-refractivity contribution >= 4 is 5.78 Å². The topological polar surface area (TPSA) is 17.1 Å². The molecule has 0 bridgehead atoms. The molecule has 0 radical (unpaired) electrons. The van der Waals surface area contributed by atoms with Crippen molar-refractivity contribution in [3.8, 4) is 0 Å². The number of rotatable bonds is 5. The van der Waals surface area contributed by atoms with E-state index < -0.39 is 0 Å². The Kier molecular flexibility index (Phi) is 4.82. The SMILES string of the molecule is CC(=O)/C=C(\C)CCCc1ccccc1. The summed E-state index contributed by atoms with van der Waals surface area (Å²) in [6.45, 7) is 3.62. The molecular formula is C14H18O. The van der Waals surface area contributed by atoms with Crippen LogP contribution in [0.4, 0.5) is 0 Å². The van der Waals surface area contributed by atoms with Gasteiger partial charge in [-0.1, -0.05) is 35.9 Å². The van der Waals surface area contributed by atoms with Gasteiger partial charge >= 0.3 is 0 Å². The molecule has 0 aliphatic carbocycles. The minimum Gasteiger partial charge on any atom is -0.295 e. The third kappa shape index (κ3) is 5.16. The fourth-order valence-electron chi connectivity index (χ4n) is 1.64. The maximum atomic E-state index is 10.8. The van der Waals surface area contributed by atoms with Gasteiger partial charge in [-0.2, -0.15) is 0 Å². The largest absolute Gasteiger partial charge is 0.295 e. The Morgan fingerprint density at radius 3 is 2.47 bits per heavy atom. The van der Waals surface area contributed by atoms with Gasteiger partial charge in [0.25, 0.3) is 0 Å². The van der Waals surface area contributed by atoms with Gasteiger partial charge < -0.3 is 0 Å².